The molecule has 5 nitrogen and oxygen atoms in total. The lowest BCUT2D eigenvalue weighted by molar-refractivity contribution is -0.124. The van der Waals surface area contributed by atoms with Crippen molar-refractivity contribution in [2.45, 2.75) is 32.4 Å². The number of carbonyl (C=O) groups is 1. The Bertz CT molecular complexity index is 1040. The van der Waals surface area contributed by atoms with Crippen molar-refractivity contribution in [3.63, 3.8) is 0 Å². The predicted molar refractivity (Wildman–Crippen MR) is 99.7 cm³/mol. The number of para-hydroxylation sites is 1. The molecule has 4 rings (SSSR count). The maximum Gasteiger partial charge on any atom is 0.336 e. The molecule has 0 bridgehead atoms. The van der Waals surface area contributed by atoms with E-state index >= 15 is 0 Å². The van der Waals surface area contributed by atoms with E-state index < -0.39 is 11.7 Å². The van der Waals surface area contributed by atoms with E-state index in [1.807, 2.05) is 25.1 Å². The molecule has 0 spiro atoms. The lowest BCUT2D eigenvalue weighted by Gasteiger charge is -2.26. The predicted octanol–water partition coefficient (Wildman–Crippen LogP) is 3.54. The van der Waals surface area contributed by atoms with Gasteiger partial charge < -0.3 is 14.1 Å². The minimum absolute atomic E-state index is 0.0861. The number of ether oxygens (including phenoxy) is 1. The van der Waals surface area contributed by atoms with Gasteiger partial charge in [-0.3, -0.25) is 4.79 Å². The standard InChI is InChI=1S/C21H19NO4/c1-13-11-16-5-3-4-6-18(16)22(13)21(24)14(2)25-17-9-7-15-8-10-20(23)26-19(15)12-17/h3-10,12-14H,11H2,1-2H3/t13-,14-/m0/s1. The highest BCUT2D eigenvalue weighted by Crippen LogP contribution is 2.32. The summed E-state index contributed by atoms with van der Waals surface area (Å²) in [4.78, 5) is 26.2. The van der Waals surface area contributed by atoms with E-state index in [0.717, 1.165) is 17.5 Å². The Labute approximate surface area is 150 Å². The summed E-state index contributed by atoms with van der Waals surface area (Å²) in [5.41, 5.74) is 2.15. The van der Waals surface area contributed by atoms with E-state index in [1.54, 1.807) is 36.1 Å². The monoisotopic (exact) mass is 349 g/mol. The number of amides is 1. The van der Waals surface area contributed by atoms with Gasteiger partial charge in [-0.2, -0.15) is 0 Å². The van der Waals surface area contributed by atoms with Crippen molar-refractivity contribution in [2.24, 2.45) is 0 Å². The van der Waals surface area contributed by atoms with Crippen molar-refractivity contribution in [3.05, 3.63) is 70.6 Å². The van der Waals surface area contributed by atoms with Crippen molar-refractivity contribution >= 4 is 22.6 Å². The van der Waals surface area contributed by atoms with E-state index in [-0.39, 0.29) is 11.9 Å². The summed E-state index contributed by atoms with van der Waals surface area (Å²) in [6.45, 7) is 3.77. The zero-order valence-corrected chi connectivity index (χ0v) is 14.6. The van der Waals surface area contributed by atoms with Gasteiger partial charge in [0.05, 0.1) is 0 Å². The van der Waals surface area contributed by atoms with Crippen LogP contribution in [0.3, 0.4) is 0 Å². The van der Waals surface area contributed by atoms with Crippen LogP contribution in [0.5, 0.6) is 5.75 Å². The first-order chi connectivity index (χ1) is 12.5. The summed E-state index contributed by atoms with van der Waals surface area (Å²) in [6, 6.07) is 16.3. The molecule has 0 N–H and O–H groups in total. The number of nitrogens with zero attached hydrogens (tertiary/aromatic N) is 1. The fourth-order valence-electron chi connectivity index (χ4n) is 3.47. The normalized spacial score (nSPS) is 17.2. The van der Waals surface area contributed by atoms with Gasteiger partial charge in [0.25, 0.3) is 5.91 Å². The van der Waals surface area contributed by atoms with Crippen LogP contribution in [-0.2, 0) is 11.2 Å². The van der Waals surface area contributed by atoms with E-state index in [2.05, 4.69) is 6.07 Å². The van der Waals surface area contributed by atoms with E-state index in [9.17, 15) is 9.59 Å². The molecule has 2 aromatic carbocycles. The number of hydrogen-bond acceptors (Lipinski definition) is 4. The van der Waals surface area contributed by atoms with Gasteiger partial charge in [0.1, 0.15) is 11.3 Å². The van der Waals surface area contributed by atoms with Crippen LogP contribution in [0.25, 0.3) is 11.0 Å². The van der Waals surface area contributed by atoms with Crippen LogP contribution in [0.1, 0.15) is 19.4 Å². The molecule has 1 aliphatic rings. The van der Waals surface area contributed by atoms with Gasteiger partial charge in [-0.05, 0) is 50.1 Å². The molecule has 0 unspecified atom stereocenters. The zero-order chi connectivity index (χ0) is 18.3. The van der Waals surface area contributed by atoms with E-state index in [1.165, 1.54) is 11.6 Å². The Kier molecular flexibility index (Phi) is 3.99. The van der Waals surface area contributed by atoms with Gasteiger partial charge in [-0.25, -0.2) is 4.79 Å². The van der Waals surface area contributed by atoms with Crippen LogP contribution in [0.4, 0.5) is 5.69 Å². The number of carbonyl (C=O) groups excluding carboxylic acids is 1. The van der Waals surface area contributed by atoms with Crippen LogP contribution in [0.15, 0.2) is 63.8 Å². The van der Waals surface area contributed by atoms with E-state index in [4.69, 9.17) is 9.15 Å². The van der Waals surface area contributed by atoms with Gasteiger partial charge in [-0.1, -0.05) is 18.2 Å². The molecule has 0 fully saturated rings. The van der Waals surface area contributed by atoms with Crippen LogP contribution in [-0.4, -0.2) is 18.1 Å². The summed E-state index contributed by atoms with van der Waals surface area (Å²) in [5, 5.41) is 0.804. The van der Waals surface area contributed by atoms with Gasteiger partial charge in [-0.15, -0.1) is 0 Å². The van der Waals surface area contributed by atoms with Gasteiger partial charge in [0, 0.05) is 29.2 Å². The first-order valence-electron chi connectivity index (χ1n) is 8.64. The molecule has 3 aromatic rings. The lowest BCUT2D eigenvalue weighted by atomic mass is 10.1. The molecule has 26 heavy (non-hydrogen) atoms. The zero-order valence-electron chi connectivity index (χ0n) is 14.6. The molecule has 0 radical (unpaired) electrons. The van der Waals surface area contributed by atoms with Gasteiger partial charge in [0.2, 0.25) is 0 Å². The van der Waals surface area contributed by atoms with Crippen molar-refractivity contribution in [1.82, 2.24) is 0 Å². The van der Waals surface area contributed by atoms with E-state index in [0.29, 0.717) is 11.3 Å². The molecule has 0 saturated heterocycles. The Morgan fingerprint density at radius 2 is 1.96 bits per heavy atom. The molecule has 1 aliphatic heterocycles. The van der Waals surface area contributed by atoms with Crippen molar-refractivity contribution in [1.29, 1.82) is 0 Å². The Hall–Kier alpha value is -3.08. The molecule has 132 valence electrons. The average molecular weight is 349 g/mol. The minimum atomic E-state index is -0.656. The SMILES string of the molecule is C[C@H](Oc1ccc2ccc(=O)oc2c1)C(=O)N1c2ccccc2C[C@@H]1C. The van der Waals surface area contributed by atoms with Gasteiger partial charge >= 0.3 is 5.63 Å². The second-order valence-electron chi connectivity index (χ2n) is 6.60. The molecule has 0 aliphatic carbocycles. The highest BCUT2D eigenvalue weighted by Gasteiger charge is 2.33. The first-order valence-corrected chi connectivity index (χ1v) is 8.64. The second kappa shape index (κ2) is 6.33. The topological polar surface area (TPSA) is 59.8 Å². The number of fused-ring (bicyclic) bond motifs is 2. The fraction of sp³-hybridized carbons (Fsp3) is 0.238. The molecule has 2 atom stereocenters. The number of hydrogen-bond donors (Lipinski definition) is 0. The Morgan fingerprint density at radius 1 is 1.19 bits per heavy atom. The summed E-state index contributed by atoms with van der Waals surface area (Å²) in [6.07, 6.45) is 0.187. The van der Waals surface area contributed by atoms with Gasteiger partial charge in [0.15, 0.2) is 6.10 Å². The molecule has 0 saturated carbocycles. The summed E-state index contributed by atoms with van der Waals surface area (Å²) < 4.78 is 11.0. The molecule has 1 amide bonds. The number of anilines is 1. The summed E-state index contributed by atoms with van der Waals surface area (Å²) in [7, 11) is 0. The third-order valence-electron chi connectivity index (χ3n) is 4.70. The van der Waals surface area contributed by atoms with Crippen LogP contribution in [0, 0.1) is 0 Å². The van der Waals surface area contributed by atoms with Crippen LogP contribution >= 0.6 is 0 Å². The second-order valence-corrected chi connectivity index (χ2v) is 6.60. The molecule has 5 heteroatoms. The third kappa shape index (κ3) is 2.86. The fourth-order valence-corrected chi connectivity index (χ4v) is 3.47. The van der Waals surface area contributed by atoms with Crippen molar-refractivity contribution in [3.8, 4) is 5.75 Å². The smallest absolute Gasteiger partial charge is 0.336 e. The van der Waals surface area contributed by atoms with Crippen LogP contribution < -0.4 is 15.3 Å². The molecular formula is C21H19NO4. The highest BCUT2D eigenvalue weighted by molar-refractivity contribution is 5.99. The van der Waals surface area contributed by atoms with Crippen molar-refractivity contribution < 1.29 is 13.9 Å². The maximum absolute atomic E-state index is 13.0. The molecule has 1 aromatic heterocycles. The quantitative estimate of drug-likeness (QED) is 0.679. The molecule has 2 heterocycles. The van der Waals surface area contributed by atoms with Crippen LogP contribution in [0.2, 0.25) is 0 Å². The molecular weight excluding hydrogens is 330 g/mol. The minimum Gasteiger partial charge on any atom is -0.481 e. The average Bonchev–Trinajstić information content (AvgIpc) is 2.96. The first kappa shape index (κ1) is 16.4. The Balaban J connectivity index is 1.57. The third-order valence-corrected chi connectivity index (χ3v) is 4.70. The Morgan fingerprint density at radius 3 is 2.81 bits per heavy atom. The lowest BCUT2D eigenvalue weighted by Crippen LogP contribution is -2.43. The maximum atomic E-state index is 13.0. The summed E-state index contributed by atoms with van der Waals surface area (Å²) >= 11 is 0. The van der Waals surface area contributed by atoms with Crippen molar-refractivity contribution in [2.75, 3.05) is 4.90 Å². The number of benzene rings is 2. The largest absolute Gasteiger partial charge is 0.481 e. The number of rotatable bonds is 3. The highest BCUT2D eigenvalue weighted by atomic mass is 16.5. The summed E-state index contributed by atoms with van der Waals surface area (Å²) in [5.74, 6) is 0.407.